The molecule has 0 aliphatic rings. The molecule has 0 saturated carbocycles. The van der Waals surface area contributed by atoms with Gasteiger partial charge >= 0.3 is 0 Å². The Morgan fingerprint density at radius 3 is 2.95 bits per heavy atom. The summed E-state index contributed by atoms with van der Waals surface area (Å²) in [6, 6.07) is 7.75. The van der Waals surface area contributed by atoms with Crippen LogP contribution in [0.4, 0.5) is 5.69 Å². The number of hydrogen-bond donors (Lipinski definition) is 2. The quantitative estimate of drug-likeness (QED) is 0.751. The van der Waals surface area contributed by atoms with Crippen molar-refractivity contribution in [1.82, 2.24) is 15.2 Å². The maximum absolute atomic E-state index is 5.61. The molecule has 0 unspecified atom stereocenters. The molecule has 0 aromatic carbocycles. The molecule has 3 rings (SSSR count). The number of anilines is 1. The van der Waals surface area contributed by atoms with Gasteiger partial charge < -0.3 is 9.73 Å². The molecular formula is C14H14N4O. The van der Waals surface area contributed by atoms with Gasteiger partial charge in [0.2, 0.25) is 0 Å². The van der Waals surface area contributed by atoms with E-state index < -0.39 is 0 Å². The minimum absolute atomic E-state index is 0.664. The molecule has 3 aromatic rings. The highest BCUT2D eigenvalue weighted by atomic mass is 16.3. The average molecular weight is 254 g/mol. The maximum Gasteiger partial charge on any atom is 0.152 e. The Labute approximate surface area is 110 Å². The Kier molecular flexibility index (Phi) is 3.02. The molecule has 0 atom stereocenters. The maximum atomic E-state index is 5.61. The zero-order chi connectivity index (χ0) is 13.1. The molecule has 3 heterocycles. The van der Waals surface area contributed by atoms with Gasteiger partial charge in [0.1, 0.15) is 11.5 Å². The highest BCUT2D eigenvalue weighted by Crippen LogP contribution is 2.23. The van der Waals surface area contributed by atoms with E-state index in [4.69, 9.17) is 4.42 Å². The van der Waals surface area contributed by atoms with Crippen molar-refractivity contribution in [1.29, 1.82) is 0 Å². The lowest BCUT2D eigenvalue weighted by molar-refractivity contribution is 0.545. The topological polar surface area (TPSA) is 66.7 Å². The van der Waals surface area contributed by atoms with Crippen LogP contribution in [-0.2, 0) is 6.54 Å². The molecule has 0 radical (unpaired) electrons. The second-order valence-corrected chi connectivity index (χ2v) is 4.28. The number of aromatic amines is 1. The van der Waals surface area contributed by atoms with E-state index >= 15 is 0 Å². The predicted octanol–water partition coefficient (Wildman–Crippen LogP) is 2.99. The molecule has 0 aliphatic carbocycles. The van der Waals surface area contributed by atoms with Gasteiger partial charge in [0.05, 0.1) is 11.9 Å². The molecule has 0 amide bonds. The smallest absolute Gasteiger partial charge is 0.152 e. The van der Waals surface area contributed by atoms with Crippen molar-refractivity contribution in [2.45, 2.75) is 13.5 Å². The average Bonchev–Trinajstić information content (AvgIpc) is 3.06. The van der Waals surface area contributed by atoms with Gasteiger partial charge in [-0.05, 0) is 31.2 Å². The number of pyridine rings is 1. The number of H-pyrrole nitrogens is 1. The fourth-order valence-electron chi connectivity index (χ4n) is 1.89. The van der Waals surface area contributed by atoms with Crippen LogP contribution in [0.25, 0.3) is 11.5 Å². The highest BCUT2D eigenvalue weighted by Gasteiger charge is 2.10. The Bertz CT molecular complexity index is 657. The van der Waals surface area contributed by atoms with E-state index in [2.05, 4.69) is 20.5 Å². The van der Waals surface area contributed by atoms with Crippen molar-refractivity contribution in [3.63, 3.8) is 0 Å². The van der Waals surface area contributed by atoms with Gasteiger partial charge in [-0.25, -0.2) is 0 Å². The summed E-state index contributed by atoms with van der Waals surface area (Å²) in [5, 5.41) is 10.4. The van der Waals surface area contributed by atoms with Gasteiger partial charge in [-0.15, -0.1) is 0 Å². The van der Waals surface area contributed by atoms with Crippen molar-refractivity contribution < 1.29 is 4.42 Å². The Morgan fingerprint density at radius 2 is 2.21 bits per heavy atom. The molecule has 5 heteroatoms. The van der Waals surface area contributed by atoms with Crippen LogP contribution in [0.3, 0.4) is 0 Å². The summed E-state index contributed by atoms with van der Waals surface area (Å²) in [4.78, 5) is 4.06. The first-order valence-corrected chi connectivity index (χ1v) is 6.06. The number of aryl methyl sites for hydroxylation is 1. The van der Waals surface area contributed by atoms with Crippen molar-refractivity contribution in [2.24, 2.45) is 0 Å². The lowest BCUT2D eigenvalue weighted by Crippen LogP contribution is -1.99. The number of aromatic nitrogens is 3. The van der Waals surface area contributed by atoms with E-state index in [0.29, 0.717) is 6.54 Å². The minimum atomic E-state index is 0.664. The van der Waals surface area contributed by atoms with Crippen LogP contribution in [-0.4, -0.2) is 15.2 Å². The van der Waals surface area contributed by atoms with E-state index in [-0.39, 0.29) is 0 Å². The molecule has 0 bridgehead atoms. The zero-order valence-electron chi connectivity index (χ0n) is 10.6. The summed E-state index contributed by atoms with van der Waals surface area (Å²) >= 11 is 0. The van der Waals surface area contributed by atoms with E-state index in [1.807, 2.05) is 31.2 Å². The summed E-state index contributed by atoms with van der Waals surface area (Å²) < 4.78 is 5.61. The fraction of sp³-hybridized carbons (Fsp3) is 0.143. The largest absolute Gasteiger partial charge is 0.460 e. The molecule has 19 heavy (non-hydrogen) atoms. The third-order valence-electron chi connectivity index (χ3n) is 2.85. The predicted molar refractivity (Wildman–Crippen MR) is 72.6 cm³/mol. The molecule has 0 fully saturated rings. The Hall–Kier alpha value is -2.56. The number of furan rings is 1. The number of hydrogen-bond acceptors (Lipinski definition) is 4. The van der Waals surface area contributed by atoms with E-state index in [1.165, 1.54) is 0 Å². The summed E-state index contributed by atoms with van der Waals surface area (Å²) in [6.07, 6.45) is 5.34. The molecule has 3 aromatic heterocycles. The fourth-order valence-corrected chi connectivity index (χ4v) is 1.89. The second kappa shape index (κ2) is 4.97. The summed E-state index contributed by atoms with van der Waals surface area (Å²) in [5.74, 6) is 1.69. The van der Waals surface area contributed by atoms with Gasteiger partial charge in [0.25, 0.3) is 0 Å². The molecule has 0 spiro atoms. The minimum Gasteiger partial charge on any atom is -0.460 e. The third kappa shape index (κ3) is 2.49. The lowest BCUT2D eigenvalue weighted by Gasteiger charge is -2.05. The SMILES string of the molecule is Cc1ccc(-c2[nH]ncc2CNc2cccnc2)o1. The molecule has 5 nitrogen and oxygen atoms in total. The number of nitrogens with zero attached hydrogens (tertiary/aromatic N) is 2. The standard InChI is InChI=1S/C14H14N4O/c1-10-4-5-13(19-10)14-11(8-17-18-14)7-16-12-3-2-6-15-9-12/h2-6,8-9,16H,7H2,1H3,(H,17,18). The van der Waals surface area contributed by atoms with Crippen molar-refractivity contribution in [3.8, 4) is 11.5 Å². The van der Waals surface area contributed by atoms with Crippen LogP contribution in [0, 0.1) is 6.92 Å². The lowest BCUT2D eigenvalue weighted by atomic mass is 10.2. The molecule has 0 saturated heterocycles. The summed E-state index contributed by atoms with van der Waals surface area (Å²) in [6.45, 7) is 2.59. The molecule has 2 N–H and O–H groups in total. The van der Waals surface area contributed by atoms with Gasteiger partial charge in [-0.3, -0.25) is 10.1 Å². The monoisotopic (exact) mass is 254 g/mol. The van der Waals surface area contributed by atoms with Crippen LogP contribution < -0.4 is 5.32 Å². The van der Waals surface area contributed by atoms with Crippen LogP contribution in [0.2, 0.25) is 0 Å². The van der Waals surface area contributed by atoms with Crippen molar-refractivity contribution in [3.05, 3.63) is 54.2 Å². The van der Waals surface area contributed by atoms with Crippen LogP contribution in [0.15, 0.2) is 47.3 Å². The first-order valence-electron chi connectivity index (χ1n) is 6.06. The number of rotatable bonds is 4. The third-order valence-corrected chi connectivity index (χ3v) is 2.85. The van der Waals surface area contributed by atoms with Crippen molar-refractivity contribution >= 4 is 5.69 Å². The Morgan fingerprint density at radius 1 is 1.26 bits per heavy atom. The van der Waals surface area contributed by atoms with E-state index in [9.17, 15) is 0 Å². The van der Waals surface area contributed by atoms with Crippen LogP contribution in [0.5, 0.6) is 0 Å². The van der Waals surface area contributed by atoms with E-state index in [0.717, 1.165) is 28.5 Å². The highest BCUT2D eigenvalue weighted by molar-refractivity contribution is 5.57. The van der Waals surface area contributed by atoms with Gasteiger partial charge in [-0.1, -0.05) is 0 Å². The van der Waals surface area contributed by atoms with Gasteiger partial charge in [0.15, 0.2) is 5.76 Å². The zero-order valence-corrected chi connectivity index (χ0v) is 10.6. The van der Waals surface area contributed by atoms with Gasteiger partial charge in [-0.2, -0.15) is 5.10 Å². The molecular weight excluding hydrogens is 240 g/mol. The second-order valence-electron chi connectivity index (χ2n) is 4.28. The van der Waals surface area contributed by atoms with Crippen LogP contribution in [0.1, 0.15) is 11.3 Å². The summed E-state index contributed by atoms with van der Waals surface area (Å²) in [7, 11) is 0. The Balaban J connectivity index is 1.77. The normalized spacial score (nSPS) is 10.6. The first kappa shape index (κ1) is 11.5. The van der Waals surface area contributed by atoms with Crippen molar-refractivity contribution in [2.75, 3.05) is 5.32 Å². The van der Waals surface area contributed by atoms with E-state index in [1.54, 1.807) is 18.6 Å². The molecule has 96 valence electrons. The first-order chi connectivity index (χ1) is 9.33. The molecule has 0 aliphatic heterocycles. The summed E-state index contributed by atoms with van der Waals surface area (Å²) in [5.41, 5.74) is 2.94. The number of nitrogens with one attached hydrogen (secondary N) is 2. The van der Waals surface area contributed by atoms with Gasteiger partial charge in [0, 0.05) is 24.5 Å². The van der Waals surface area contributed by atoms with Crippen LogP contribution >= 0.6 is 0 Å².